The second-order valence-electron chi connectivity index (χ2n) is 10.5. The van der Waals surface area contributed by atoms with Crippen LogP contribution in [0.4, 0.5) is 11.4 Å². The van der Waals surface area contributed by atoms with E-state index in [2.05, 4.69) is 78.1 Å². The van der Waals surface area contributed by atoms with E-state index in [0.29, 0.717) is 5.91 Å². The van der Waals surface area contributed by atoms with Crippen LogP contribution in [0.1, 0.15) is 44.1 Å². The largest absolute Gasteiger partial charge is 0.368 e. The Morgan fingerprint density at radius 1 is 0.943 bits per heavy atom. The van der Waals surface area contributed by atoms with Crippen LogP contribution in [0.25, 0.3) is 10.9 Å². The van der Waals surface area contributed by atoms with Crippen LogP contribution in [0.3, 0.4) is 0 Å². The molecule has 1 aromatic heterocycles. The maximum atomic E-state index is 13.9. The summed E-state index contributed by atoms with van der Waals surface area (Å²) in [4.78, 5) is 24.6. The molecule has 2 fully saturated rings. The standard InChI is InChI=1S/C29H35BrN4O/c30-25-9-4-8-21-12-13-23(34(28(21)25)29(35)22-6-2-1-3-7-22)20-32-16-18-33(19-17-32)27-11-5-10-26-24(27)14-15-31-26/h4-5,8-11,14-15,22-23,31H,1-3,6-7,12-13,16-20H2. The first-order chi connectivity index (χ1) is 17.2. The number of fused-ring (bicyclic) bond motifs is 2. The number of aromatic nitrogens is 1. The van der Waals surface area contributed by atoms with E-state index in [4.69, 9.17) is 0 Å². The Labute approximate surface area is 216 Å². The molecule has 1 aliphatic carbocycles. The van der Waals surface area contributed by atoms with E-state index in [1.54, 1.807) is 0 Å². The summed E-state index contributed by atoms with van der Waals surface area (Å²) in [5.74, 6) is 0.545. The summed E-state index contributed by atoms with van der Waals surface area (Å²) in [5, 5.41) is 1.30. The van der Waals surface area contributed by atoms with Crippen LogP contribution in [0.15, 0.2) is 53.1 Å². The number of nitrogens with zero attached hydrogens (tertiary/aromatic N) is 3. The van der Waals surface area contributed by atoms with Gasteiger partial charge in [-0.25, -0.2) is 0 Å². The molecule has 3 aliphatic rings. The minimum Gasteiger partial charge on any atom is -0.368 e. The minimum atomic E-state index is 0.183. The van der Waals surface area contributed by atoms with Gasteiger partial charge in [0.2, 0.25) is 5.91 Å². The van der Waals surface area contributed by atoms with Crippen LogP contribution in [0.5, 0.6) is 0 Å². The second-order valence-corrected chi connectivity index (χ2v) is 11.3. The Bertz CT molecular complexity index is 1190. The van der Waals surface area contributed by atoms with Gasteiger partial charge < -0.3 is 14.8 Å². The van der Waals surface area contributed by atoms with Crippen molar-refractivity contribution in [1.82, 2.24) is 9.88 Å². The monoisotopic (exact) mass is 534 g/mol. The highest BCUT2D eigenvalue weighted by atomic mass is 79.9. The smallest absolute Gasteiger partial charge is 0.230 e. The molecule has 0 spiro atoms. The first kappa shape index (κ1) is 23.1. The van der Waals surface area contributed by atoms with Crippen molar-refractivity contribution < 1.29 is 4.79 Å². The van der Waals surface area contributed by atoms with Crippen LogP contribution >= 0.6 is 15.9 Å². The Hall–Kier alpha value is -2.31. The highest BCUT2D eigenvalue weighted by Crippen LogP contribution is 2.40. The first-order valence-corrected chi connectivity index (χ1v) is 14.1. The lowest BCUT2D eigenvalue weighted by molar-refractivity contribution is -0.124. The third-order valence-electron chi connectivity index (χ3n) is 8.37. The number of carbonyl (C=O) groups excluding carboxylic acids is 1. The number of anilines is 2. The maximum absolute atomic E-state index is 13.9. The summed E-state index contributed by atoms with van der Waals surface area (Å²) in [5.41, 5.74) is 4.97. The van der Waals surface area contributed by atoms with E-state index in [1.807, 2.05) is 6.20 Å². The molecule has 2 aliphatic heterocycles. The molecule has 1 atom stereocenters. The van der Waals surface area contributed by atoms with Crippen molar-refractivity contribution in [2.75, 3.05) is 42.5 Å². The Balaban J connectivity index is 1.19. The van der Waals surface area contributed by atoms with Gasteiger partial charge in [0, 0.05) is 71.9 Å². The summed E-state index contributed by atoms with van der Waals surface area (Å²) in [7, 11) is 0. The van der Waals surface area contributed by atoms with Crippen LogP contribution < -0.4 is 9.80 Å². The average Bonchev–Trinajstić information content (AvgIpc) is 3.39. The first-order valence-electron chi connectivity index (χ1n) is 13.3. The molecule has 1 unspecified atom stereocenters. The number of hydrogen-bond donors (Lipinski definition) is 1. The molecule has 1 amide bonds. The number of benzene rings is 2. The molecule has 0 radical (unpaired) electrons. The predicted octanol–water partition coefficient (Wildman–Crippen LogP) is 5.98. The number of H-pyrrole nitrogens is 1. The van der Waals surface area contributed by atoms with Crippen molar-refractivity contribution >= 4 is 44.1 Å². The van der Waals surface area contributed by atoms with E-state index in [-0.39, 0.29) is 12.0 Å². The molecule has 6 heteroatoms. The van der Waals surface area contributed by atoms with Crippen molar-refractivity contribution in [3.63, 3.8) is 0 Å². The Kier molecular flexibility index (Phi) is 6.59. The SMILES string of the molecule is O=C(C1CCCCC1)N1c2c(Br)cccc2CCC1CN1CCN(c2cccc3[nH]ccc23)CC1. The van der Waals surface area contributed by atoms with Crippen molar-refractivity contribution in [2.24, 2.45) is 5.92 Å². The van der Waals surface area contributed by atoms with Crippen molar-refractivity contribution in [2.45, 2.75) is 51.0 Å². The normalized spacial score (nSPS) is 21.9. The number of rotatable bonds is 4. The third-order valence-corrected chi connectivity index (χ3v) is 9.01. The molecule has 1 saturated heterocycles. The third kappa shape index (κ3) is 4.51. The van der Waals surface area contributed by atoms with E-state index in [9.17, 15) is 4.79 Å². The van der Waals surface area contributed by atoms with E-state index < -0.39 is 0 Å². The lowest BCUT2D eigenvalue weighted by atomic mass is 9.86. The average molecular weight is 536 g/mol. The van der Waals surface area contributed by atoms with Gasteiger partial charge >= 0.3 is 0 Å². The zero-order valence-electron chi connectivity index (χ0n) is 20.4. The van der Waals surface area contributed by atoms with Crippen molar-refractivity contribution in [3.8, 4) is 0 Å². The van der Waals surface area contributed by atoms with Gasteiger partial charge in [0.1, 0.15) is 0 Å². The molecule has 5 nitrogen and oxygen atoms in total. The highest BCUT2D eigenvalue weighted by Gasteiger charge is 2.37. The molecule has 0 bridgehead atoms. The molecule has 3 aromatic rings. The predicted molar refractivity (Wildman–Crippen MR) is 147 cm³/mol. The molecular formula is C29H35BrN4O. The van der Waals surface area contributed by atoms with Crippen LogP contribution in [0.2, 0.25) is 0 Å². The molecule has 6 rings (SSSR count). The topological polar surface area (TPSA) is 42.6 Å². The highest BCUT2D eigenvalue weighted by molar-refractivity contribution is 9.10. The van der Waals surface area contributed by atoms with Gasteiger partial charge in [-0.1, -0.05) is 37.5 Å². The number of amides is 1. The van der Waals surface area contributed by atoms with Gasteiger partial charge in [-0.15, -0.1) is 0 Å². The maximum Gasteiger partial charge on any atom is 0.230 e. The number of carbonyl (C=O) groups is 1. The number of nitrogens with one attached hydrogen (secondary N) is 1. The number of hydrogen-bond acceptors (Lipinski definition) is 3. The minimum absolute atomic E-state index is 0.183. The summed E-state index contributed by atoms with van der Waals surface area (Å²) in [6.07, 6.45) is 9.86. The quantitative estimate of drug-likeness (QED) is 0.447. The number of halogens is 1. The molecule has 1 N–H and O–H groups in total. The molecular weight excluding hydrogens is 500 g/mol. The summed E-state index contributed by atoms with van der Waals surface area (Å²) < 4.78 is 1.06. The Morgan fingerprint density at radius 3 is 2.57 bits per heavy atom. The number of aromatic amines is 1. The van der Waals surface area contributed by atoms with Crippen molar-refractivity contribution in [1.29, 1.82) is 0 Å². The number of aryl methyl sites for hydroxylation is 1. The summed E-state index contributed by atoms with van der Waals surface area (Å²) in [6.45, 7) is 5.07. The zero-order chi connectivity index (χ0) is 23.8. The second kappa shape index (κ2) is 9.98. The van der Waals surface area contributed by atoms with E-state index in [0.717, 1.165) is 68.6 Å². The zero-order valence-corrected chi connectivity index (χ0v) is 22.0. The van der Waals surface area contributed by atoms with Crippen LogP contribution in [0, 0.1) is 5.92 Å². The molecule has 3 heterocycles. The summed E-state index contributed by atoms with van der Waals surface area (Å²) in [6, 6.07) is 15.4. The van der Waals surface area contributed by atoms with Gasteiger partial charge in [-0.2, -0.15) is 0 Å². The fourth-order valence-corrected chi connectivity index (χ4v) is 7.09. The fourth-order valence-electron chi connectivity index (χ4n) is 6.49. The number of para-hydroxylation sites is 1. The van der Waals surface area contributed by atoms with Gasteiger partial charge in [0.25, 0.3) is 0 Å². The number of piperazine rings is 1. The Morgan fingerprint density at radius 2 is 1.74 bits per heavy atom. The lowest BCUT2D eigenvalue weighted by Crippen LogP contribution is -2.55. The van der Waals surface area contributed by atoms with Gasteiger partial charge in [0.05, 0.1) is 5.69 Å². The van der Waals surface area contributed by atoms with Crippen LogP contribution in [-0.4, -0.2) is 54.6 Å². The van der Waals surface area contributed by atoms with E-state index >= 15 is 0 Å². The van der Waals surface area contributed by atoms with Gasteiger partial charge in [-0.3, -0.25) is 9.69 Å². The fraction of sp³-hybridized carbons (Fsp3) is 0.483. The van der Waals surface area contributed by atoms with E-state index in [1.165, 1.54) is 41.4 Å². The molecule has 1 saturated carbocycles. The molecule has 2 aromatic carbocycles. The van der Waals surface area contributed by atoms with Gasteiger partial charge in [-0.05, 0) is 71.4 Å². The lowest BCUT2D eigenvalue weighted by Gasteiger charge is -2.44. The van der Waals surface area contributed by atoms with Gasteiger partial charge in [0.15, 0.2) is 0 Å². The van der Waals surface area contributed by atoms with Crippen molar-refractivity contribution in [3.05, 3.63) is 58.7 Å². The summed E-state index contributed by atoms with van der Waals surface area (Å²) >= 11 is 3.80. The molecule has 35 heavy (non-hydrogen) atoms. The molecule has 184 valence electrons. The van der Waals surface area contributed by atoms with Crippen LogP contribution in [-0.2, 0) is 11.2 Å².